The molecule has 2 heterocycles. The van der Waals surface area contributed by atoms with Crippen molar-refractivity contribution < 1.29 is 14.0 Å². The lowest BCUT2D eigenvalue weighted by molar-refractivity contribution is -0.132. The van der Waals surface area contributed by atoms with Crippen molar-refractivity contribution in [3.8, 4) is 0 Å². The second kappa shape index (κ2) is 7.29. The minimum absolute atomic E-state index is 0.0612. The van der Waals surface area contributed by atoms with Gasteiger partial charge in [-0.15, -0.1) is 0 Å². The van der Waals surface area contributed by atoms with Gasteiger partial charge >= 0.3 is 0 Å². The van der Waals surface area contributed by atoms with Gasteiger partial charge in [-0.3, -0.25) is 9.59 Å². The third kappa shape index (κ3) is 4.34. The number of hydrogen-bond donors (Lipinski definition) is 1. The molecule has 5 heteroatoms. The fraction of sp³-hybridized carbons (Fsp3) is 0.625. The smallest absolute Gasteiger partial charge is 0.220 e. The Morgan fingerprint density at radius 3 is 2.86 bits per heavy atom. The summed E-state index contributed by atoms with van der Waals surface area (Å²) < 4.78 is 5.20. The van der Waals surface area contributed by atoms with Crippen LogP contribution in [0.2, 0.25) is 0 Å². The number of carbonyl (C=O) groups is 2. The second-order valence-electron chi connectivity index (χ2n) is 5.74. The molecule has 0 saturated carbocycles. The van der Waals surface area contributed by atoms with Crippen molar-refractivity contribution in [2.75, 3.05) is 13.1 Å². The minimum Gasteiger partial charge on any atom is -0.467 e. The van der Waals surface area contributed by atoms with E-state index in [2.05, 4.69) is 12.2 Å². The zero-order chi connectivity index (χ0) is 15.2. The van der Waals surface area contributed by atoms with E-state index in [0.29, 0.717) is 24.8 Å². The molecule has 1 N–H and O–H groups in total. The highest BCUT2D eigenvalue weighted by Crippen LogP contribution is 2.29. The zero-order valence-electron chi connectivity index (χ0n) is 12.8. The molecule has 1 aromatic heterocycles. The zero-order valence-corrected chi connectivity index (χ0v) is 12.8. The van der Waals surface area contributed by atoms with Gasteiger partial charge in [0.1, 0.15) is 5.76 Å². The Bertz CT molecular complexity index is 470. The maximum atomic E-state index is 12.1. The SMILES string of the molecule is CC[C@@H]1CN(C(C)=O)CC[C@H]1CC(=O)NCc1ccco1. The van der Waals surface area contributed by atoms with Crippen LogP contribution in [0.3, 0.4) is 0 Å². The van der Waals surface area contributed by atoms with Crippen LogP contribution >= 0.6 is 0 Å². The van der Waals surface area contributed by atoms with Crippen molar-refractivity contribution in [1.29, 1.82) is 0 Å². The maximum absolute atomic E-state index is 12.1. The van der Waals surface area contributed by atoms with Gasteiger partial charge in [-0.05, 0) is 30.4 Å². The predicted octanol–water partition coefficient (Wildman–Crippen LogP) is 2.18. The van der Waals surface area contributed by atoms with E-state index in [1.54, 1.807) is 13.2 Å². The molecule has 1 saturated heterocycles. The molecule has 1 aliphatic heterocycles. The molecule has 0 spiro atoms. The Morgan fingerprint density at radius 2 is 2.24 bits per heavy atom. The summed E-state index contributed by atoms with van der Waals surface area (Å²) in [4.78, 5) is 25.4. The van der Waals surface area contributed by atoms with Crippen molar-refractivity contribution >= 4 is 11.8 Å². The van der Waals surface area contributed by atoms with E-state index in [0.717, 1.165) is 31.7 Å². The normalized spacial score (nSPS) is 22.1. The molecule has 5 nitrogen and oxygen atoms in total. The van der Waals surface area contributed by atoms with Crippen LogP contribution in [-0.4, -0.2) is 29.8 Å². The van der Waals surface area contributed by atoms with Gasteiger partial charge in [-0.2, -0.15) is 0 Å². The van der Waals surface area contributed by atoms with Crippen LogP contribution in [0.25, 0.3) is 0 Å². The number of piperidine rings is 1. The summed E-state index contributed by atoms with van der Waals surface area (Å²) in [5.74, 6) is 1.74. The Balaban J connectivity index is 1.81. The van der Waals surface area contributed by atoms with Crippen molar-refractivity contribution in [3.05, 3.63) is 24.2 Å². The largest absolute Gasteiger partial charge is 0.467 e. The molecule has 0 unspecified atom stereocenters. The summed E-state index contributed by atoms with van der Waals surface area (Å²) in [6.07, 6.45) is 4.04. The van der Waals surface area contributed by atoms with Crippen LogP contribution in [0.1, 0.15) is 38.9 Å². The molecule has 0 bridgehead atoms. The molecular formula is C16H24N2O3. The number of nitrogens with zero attached hydrogens (tertiary/aromatic N) is 1. The standard InChI is InChI=1S/C16H24N2O3/c1-3-13-11-18(12(2)19)7-6-14(13)9-16(20)17-10-15-5-4-8-21-15/h4-5,8,13-14H,3,6-7,9-11H2,1-2H3,(H,17,20)/t13-,14+/m1/s1. The number of hydrogen-bond acceptors (Lipinski definition) is 3. The van der Waals surface area contributed by atoms with Gasteiger partial charge in [0.2, 0.25) is 11.8 Å². The molecule has 0 aliphatic carbocycles. The minimum atomic E-state index is 0.0612. The second-order valence-corrected chi connectivity index (χ2v) is 5.74. The molecule has 1 aliphatic rings. The Labute approximate surface area is 125 Å². The molecule has 1 aromatic rings. The number of amides is 2. The molecule has 2 amide bonds. The summed E-state index contributed by atoms with van der Waals surface area (Å²) in [7, 11) is 0. The molecule has 2 rings (SSSR count). The van der Waals surface area contributed by atoms with Crippen molar-refractivity contribution in [2.24, 2.45) is 11.8 Å². The number of furan rings is 1. The van der Waals surface area contributed by atoms with E-state index in [4.69, 9.17) is 4.42 Å². The fourth-order valence-electron chi connectivity index (χ4n) is 3.01. The summed E-state index contributed by atoms with van der Waals surface area (Å²) in [5, 5.41) is 2.90. The first-order valence-corrected chi connectivity index (χ1v) is 7.64. The molecular weight excluding hydrogens is 268 g/mol. The average Bonchev–Trinajstić information content (AvgIpc) is 2.98. The van der Waals surface area contributed by atoms with Gasteiger partial charge < -0.3 is 14.6 Å². The highest BCUT2D eigenvalue weighted by atomic mass is 16.3. The van der Waals surface area contributed by atoms with Gasteiger partial charge in [0.05, 0.1) is 12.8 Å². The molecule has 21 heavy (non-hydrogen) atoms. The lowest BCUT2D eigenvalue weighted by atomic mass is 9.81. The van der Waals surface area contributed by atoms with Gasteiger partial charge in [-0.25, -0.2) is 0 Å². The number of likely N-dealkylation sites (tertiary alicyclic amines) is 1. The Kier molecular flexibility index (Phi) is 5.42. The van der Waals surface area contributed by atoms with E-state index in [9.17, 15) is 9.59 Å². The van der Waals surface area contributed by atoms with Crippen LogP contribution < -0.4 is 5.32 Å². The fourth-order valence-corrected chi connectivity index (χ4v) is 3.01. The van der Waals surface area contributed by atoms with Crippen LogP contribution in [0.4, 0.5) is 0 Å². The molecule has 2 atom stereocenters. The average molecular weight is 292 g/mol. The number of carbonyl (C=O) groups excluding carboxylic acids is 2. The lowest BCUT2D eigenvalue weighted by Crippen LogP contribution is -2.43. The van der Waals surface area contributed by atoms with E-state index in [1.165, 1.54) is 0 Å². The first-order valence-electron chi connectivity index (χ1n) is 7.64. The highest BCUT2D eigenvalue weighted by Gasteiger charge is 2.30. The first-order chi connectivity index (χ1) is 10.1. The van der Waals surface area contributed by atoms with Gasteiger partial charge in [0.25, 0.3) is 0 Å². The summed E-state index contributed by atoms with van der Waals surface area (Å²) in [5.41, 5.74) is 0. The van der Waals surface area contributed by atoms with Crippen molar-refractivity contribution in [1.82, 2.24) is 10.2 Å². The number of rotatable bonds is 5. The third-order valence-corrected chi connectivity index (χ3v) is 4.35. The van der Waals surface area contributed by atoms with Crippen molar-refractivity contribution in [2.45, 2.75) is 39.7 Å². The summed E-state index contributed by atoms with van der Waals surface area (Å²) in [6, 6.07) is 3.66. The highest BCUT2D eigenvalue weighted by molar-refractivity contribution is 5.76. The monoisotopic (exact) mass is 292 g/mol. The topological polar surface area (TPSA) is 62.6 Å². The van der Waals surface area contributed by atoms with E-state index < -0.39 is 0 Å². The van der Waals surface area contributed by atoms with Crippen LogP contribution in [0.5, 0.6) is 0 Å². The lowest BCUT2D eigenvalue weighted by Gasteiger charge is -2.37. The summed E-state index contributed by atoms with van der Waals surface area (Å²) in [6.45, 7) is 5.73. The van der Waals surface area contributed by atoms with Gasteiger partial charge in [0, 0.05) is 26.4 Å². The van der Waals surface area contributed by atoms with Gasteiger partial charge in [0.15, 0.2) is 0 Å². The third-order valence-electron chi connectivity index (χ3n) is 4.35. The molecule has 1 fully saturated rings. The van der Waals surface area contributed by atoms with Gasteiger partial charge in [-0.1, -0.05) is 13.3 Å². The van der Waals surface area contributed by atoms with Crippen LogP contribution in [-0.2, 0) is 16.1 Å². The van der Waals surface area contributed by atoms with Crippen LogP contribution in [0.15, 0.2) is 22.8 Å². The Morgan fingerprint density at radius 1 is 1.43 bits per heavy atom. The maximum Gasteiger partial charge on any atom is 0.220 e. The van der Waals surface area contributed by atoms with E-state index in [-0.39, 0.29) is 11.8 Å². The molecule has 116 valence electrons. The quantitative estimate of drug-likeness (QED) is 0.904. The van der Waals surface area contributed by atoms with Crippen LogP contribution in [0, 0.1) is 11.8 Å². The molecule has 0 aromatic carbocycles. The number of nitrogens with one attached hydrogen (secondary N) is 1. The first kappa shape index (κ1) is 15.6. The predicted molar refractivity (Wildman–Crippen MR) is 79.3 cm³/mol. The van der Waals surface area contributed by atoms with E-state index >= 15 is 0 Å². The molecule has 0 radical (unpaired) electrons. The van der Waals surface area contributed by atoms with Crippen molar-refractivity contribution in [3.63, 3.8) is 0 Å². The summed E-state index contributed by atoms with van der Waals surface area (Å²) >= 11 is 0. The Hall–Kier alpha value is -1.78. The van der Waals surface area contributed by atoms with E-state index in [1.807, 2.05) is 17.0 Å².